The van der Waals surface area contributed by atoms with Crippen LogP contribution < -0.4 is 27.4 Å². The third-order valence-electron chi connectivity index (χ3n) is 4.31. The predicted octanol–water partition coefficient (Wildman–Crippen LogP) is -2.73. The Kier molecular flexibility index (Phi) is 11.7. The normalized spacial score (nSPS) is 14.5. The lowest BCUT2D eigenvalue weighted by atomic mass is 9.99. The van der Waals surface area contributed by atoms with E-state index >= 15 is 0 Å². The summed E-state index contributed by atoms with van der Waals surface area (Å²) in [6.07, 6.45) is -0.828. The van der Waals surface area contributed by atoms with Gasteiger partial charge >= 0.3 is 11.9 Å². The smallest absolute Gasteiger partial charge is 0.326 e. The zero-order valence-corrected chi connectivity index (χ0v) is 16.8. The summed E-state index contributed by atoms with van der Waals surface area (Å²) in [5.41, 5.74) is 10.7. The van der Waals surface area contributed by atoms with Gasteiger partial charge in [-0.25, -0.2) is 4.79 Å². The van der Waals surface area contributed by atoms with Crippen molar-refractivity contribution < 1.29 is 39.0 Å². The maximum Gasteiger partial charge on any atom is 0.326 e. The van der Waals surface area contributed by atoms with Crippen LogP contribution in [0.4, 0.5) is 0 Å². The summed E-state index contributed by atoms with van der Waals surface area (Å²) < 4.78 is 0. The monoisotopic (exact) mass is 431 g/mol. The highest BCUT2D eigenvalue weighted by Gasteiger charge is 2.29. The molecule has 0 rings (SSSR count). The molecular formula is C17H29N5O8. The highest BCUT2D eigenvalue weighted by molar-refractivity contribution is 5.94. The topological polar surface area (TPSA) is 231 Å². The summed E-state index contributed by atoms with van der Waals surface area (Å²) in [6, 6.07) is -3.96. The quantitative estimate of drug-likeness (QED) is 0.151. The van der Waals surface area contributed by atoms with Gasteiger partial charge in [0, 0.05) is 6.42 Å². The van der Waals surface area contributed by atoms with Crippen molar-refractivity contribution in [2.24, 2.45) is 17.4 Å². The van der Waals surface area contributed by atoms with Gasteiger partial charge in [-0.05, 0) is 12.3 Å². The lowest BCUT2D eigenvalue weighted by molar-refractivity contribution is -0.143. The molecule has 0 aromatic carbocycles. The molecule has 0 aliphatic carbocycles. The zero-order chi connectivity index (χ0) is 23.4. The molecule has 0 aromatic heterocycles. The Morgan fingerprint density at radius 3 is 2.03 bits per heavy atom. The molecule has 4 atom stereocenters. The van der Waals surface area contributed by atoms with Crippen LogP contribution in [0.15, 0.2) is 0 Å². The Morgan fingerprint density at radius 2 is 1.57 bits per heavy atom. The van der Waals surface area contributed by atoms with Gasteiger partial charge in [-0.2, -0.15) is 0 Å². The number of nitrogens with two attached hydrogens (primary N) is 2. The van der Waals surface area contributed by atoms with E-state index in [0.29, 0.717) is 6.42 Å². The van der Waals surface area contributed by atoms with E-state index in [9.17, 15) is 28.8 Å². The number of rotatable bonds is 14. The average Bonchev–Trinajstić information content (AvgIpc) is 2.66. The molecule has 13 heteroatoms. The maximum absolute atomic E-state index is 12.3. The number of carbonyl (C=O) groups is 6. The van der Waals surface area contributed by atoms with Crippen LogP contribution >= 0.6 is 0 Å². The van der Waals surface area contributed by atoms with Gasteiger partial charge in [0.05, 0.1) is 19.0 Å². The van der Waals surface area contributed by atoms with Crippen LogP contribution in [0.25, 0.3) is 0 Å². The van der Waals surface area contributed by atoms with Crippen LogP contribution in [0.2, 0.25) is 0 Å². The van der Waals surface area contributed by atoms with Crippen LogP contribution in [0.1, 0.15) is 39.5 Å². The summed E-state index contributed by atoms with van der Waals surface area (Å²) in [6.45, 7) is 3.04. The largest absolute Gasteiger partial charge is 0.481 e. The third kappa shape index (κ3) is 10.4. The number of hydrogen-bond donors (Lipinski definition) is 7. The molecule has 0 saturated heterocycles. The number of amides is 4. The third-order valence-corrected chi connectivity index (χ3v) is 4.31. The minimum absolute atomic E-state index is 0.132. The maximum atomic E-state index is 12.3. The van der Waals surface area contributed by atoms with Crippen molar-refractivity contribution in [3.63, 3.8) is 0 Å². The molecular weight excluding hydrogens is 402 g/mol. The Labute approximate surface area is 172 Å². The lowest BCUT2D eigenvalue weighted by Gasteiger charge is -2.21. The van der Waals surface area contributed by atoms with E-state index in [4.69, 9.17) is 21.7 Å². The zero-order valence-electron chi connectivity index (χ0n) is 16.8. The van der Waals surface area contributed by atoms with Crippen molar-refractivity contribution in [3.8, 4) is 0 Å². The summed E-state index contributed by atoms with van der Waals surface area (Å²) in [5, 5.41) is 24.5. The average molecular weight is 431 g/mol. The highest BCUT2D eigenvalue weighted by atomic mass is 16.4. The van der Waals surface area contributed by atoms with E-state index in [2.05, 4.69) is 16.0 Å². The van der Waals surface area contributed by atoms with Gasteiger partial charge in [0.1, 0.15) is 12.1 Å². The fourth-order valence-electron chi connectivity index (χ4n) is 2.24. The molecule has 0 heterocycles. The van der Waals surface area contributed by atoms with Crippen molar-refractivity contribution in [2.75, 3.05) is 6.54 Å². The number of hydrogen-bond acceptors (Lipinski definition) is 7. The number of nitrogens with one attached hydrogen (secondary N) is 3. The van der Waals surface area contributed by atoms with Crippen molar-refractivity contribution in [2.45, 2.75) is 57.7 Å². The molecule has 4 amide bonds. The molecule has 13 nitrogen and oxygen atoms in total. The Bertz CT molecular complexity index is 669. The van der Waals surface area contributed by atoms with Crippen LogP contribution in [0, 0.1) is 5.92 Å². The van der Waals surface area contributed by atoms with Gasteiger partial charge in [0.15, 0.2) is 0 Å². The molecule has 0 radical (unpaired) electrons. The van der Waals surface area contributed by atoms with Crippen molar-refractivity contribution >= 4 is 35.6 Å². The van der Waals surface area contributed by atoms with Crippen LogP contribution in [0.5, 0.6) is 0 Å². The van der Waals surface area contributed by atoms with Crippen LogP contribution in [0.3, 0.4) is 0 Å². The minimum Gasteiger partial charge on any atom is -0.481 e. The fourth-order valence-corrected chi connectivity index (χ4v) is 2.24. The van der Waals surface area contributed by atoms with Gasteiger partial charge in [0.25, 0.3) is 0 Å². The molecule has 0 aromatic rings. The summed E-state index contributed by atoms with van der Waals surface area (Å²) in [4.78, 5) is 69.2. The van der Waals surface area contributed by atoms with Crippen LogP contribution in [-0.2, 0) is 28.8 Å². The Morgan fingerprint density at radius 1 is 0.967 bits per heavy atom. The van der Waals surface area contributed by atoms with Gasteiger partial charge in [-0.1, -0.05) is 20.3 Å². The molecule has 0 saturated carbocycles. The van der Waals surface area contributed by atoms with Gasteiger partial charge in [-0.3, -0.25) is 24.0 Å². The second kappa shape index (κ2) is 13.1. The highest BCUT2D eigenvalue weighted by Crippen LogP contribution is 2.05. The van der Waals surface area contributed by atoms with E-state index in [-0.39, 0.29) is 18.8 Å². The molecule has 0 aliphatic heterocycles. The molecule has 0 aliphatic rings. The van der Waals surface area contributed by atoms with Crippen molar-refractivity contribution in [1.82, 2.24) is 16.0 Å². The molecule has 0 spiro atoms. The van der Waals surface area contributed by atoms with Gasteiger partial charge in [0.2, 0.25) is 23.6 Å². The van der Waals surface area contributed by atoms with E-state index in [1.54, 1.807) is 6.92 Å². The van der Waals surface area contributed by atoms with E-state index in [1.165, 1.54) is 0 Å². The number of carboxylic acids is 2. The molecule has 9 N–H and O–H groups in total. The lowest BCUT2D eigenvalue weighted by Crippen LogP contribution is -2.54. The Balaban J connectivity index is 4.97. The van der Waals surface area contributed by atoms with Gasteiger partial charge in [-0.15, -0.1) is 0 Å². The Hall–Kier alpha value is -3.22. The first-order chi connectivity index (χ1) is 13.9. The molecule has 30 heavy (non-hydrogen) atoms. The van der Waals surface area contributed by atoms with Gasteiger partial charge < -0.3 is 37.6 Å². The number of primary amides is 1. The SMILES string of the molecule is CCC(C)C(N)C(=O)NCC(=O)NC(CC(=O)O)C(=O)NC(CCC(N)=O)C(=O)O. The molecule has 0 bridgehead atoms. The number of carbonyl (C=O) groups excluding carboxylic acids is 4. The first kappa shape index (κ1) is 26.8. The standard InChI is InChI=1S/C17H29N5O8/c1-3-8(2)14(19)16(28)20-7-12(24)21-10(6-13(25)26)15(27)22-9(17(29)30)4-5-11(18)23/h8-10,14H,3-7,19H2,1-2H3,(H2,18,23)(H,20,28)(H,21,24)(H,22,27)(H,25,26)(H,29,30). The fraction of sp³-hybridized carbons (Fsp3) is 0.647. The van der Waals surface area contributed by atoms with E-state index < -0.39 is 66.7 Å². The first-order valence-corrected chi connectivity index (χ1v) is 9.24. The molecule has 170 valence electrons. The molecule has 0 fully saturated rings. The minimum atomic E-state index is -1.61. The second-order valence-corrected chi connectivity index (χ2v) is 6.75. The molecule has 4 unspecified atom stereocenters. The van der Waals surface area contributed by atoms with E-state index in [1.807, 2.05) is 6.92 Å². The predicted molar refractivity (Wildman–Crippen MR) is 103 cm³/mol. The second-order valence-electron chi connectivity index (χ2n) is 6.75. The first-order valence-electron chi connectivity index (χ1n) is 9.24. The number of aliphatic carboxylic acids is 2. The summed E-state index contributed by atoms with van der Waals surface area (Å²) >= 11 is 0. The summed E-state index contributed by atoms with van der Waals surface area (Å²) in [5.74, 6) is -6.34. The number of carboxylic acid groups (broad SMARTS) is 2. The van der Waals surface area contributed by atoms with E-state index in [0.717, 1.165) is 0 Å². The van der Waals surface area contributed by atoms with Crippen molar-refractivity contribution in [3.05, 3.63) is 0 Å². The summed E-state index contributed by atoms with van der Waals surface area (Å²) in [7, 11) is 0. The van der Waals surface area contributed by atoms with Crippen molar-refractivity contribution in [1.29, 1.82) is 0 Å². The van der Waals surface area contributed by atoms with Crippen LogP contribution in [-0.4, -0.2) is 70.5 Å².